The molecule has 0 atom stereocenters. The topological polar surface area (TPSA) is 8.17 Å². The number of allylic oxidation sites excluding steroid dienone is 2. The summed E-state index contributed by atoms with van der Waals surface area (Å²) in [5.41, 5.74) is 2.01. The van der Waals surface area contributed by atoms with Gasteiger partial charge in [-0.05, 0) is 69.0 Å². The quantitative estimate of drug-likeness (QED) is 0.154. The van der Waals surface area contributed by atoms with E-state index in [1.807, 2.05) is 51.3 Å². The average Bonchev–Trinajstić information content (AvgIpc) is 3.22. The maximum Gasteiger partial charge on any atom is 0.416 e. The summed E-state index contributed by atoms with van der Waals surface area (Å²) < 4.78 is 80.1. The highest BCUT2D eigenvalue weighted by Gasteiger charge is 2.30. The Bertz CT molecular complexity index is 1140. The standard InChI is InChI=1S/C25H21F6IN2/c1-33(15-18-2-6-22(7-3-18)24(26,27)28)12-10-20(14-32)21-11-13-34(17-21)16-19-4-8-23(9-5-19)25(29,30)31/h2-14,17H,15-16H2,1H3. The van der Waals surface area contributed by atoms with Crippen molar-refractivity contribution in [2.75, 3.05) is 7.05 Å². The highest BCUT2D eigenvalue weighted by Crippen LogP contribution is 2.30. The molecule has 0 aliphatic carbocycles. The number of hydrogen-bond donors (Lipinski definition) is 0. The third-order valence-electron chi connectivity index (χ3n) is 5.07. The van der Waals surface area contributed by atoms with Gasteiger partial charge in [0.15, 0.2) is 0 Å². The van der Waals surface area contributed by atoms with E-state index in [-0.39, 0.29) is 0 Å². The predicted octanol–water partition coefficient (Wildman–Crippen LogP) is 8.00. The first-order chi connectivity index (χ1) is 16.0. The monoisotopic (exact) mass is 590 g/mol. The molecule has 0 saturated heterocycles. The van der Waals surface area contributed by atoms with E-state index in [2.05, 4.69) is 22.6 Å². The summed E-state index contributed by atoms with van der Waals surface area (Å²) in [5.74, 6) is 0. The molecule has 1 heterocycles. The molecule has 0 fully saturated rings. The Morgan fingerprint density at radius 3 is 1.88 bits per heavy atom. The van der Waals surface area contributed by atoms with Crippen LogP contribution in [0, 0.1) is 0 Å². The van der Waals surface area contributed by atoms with Gasteiger partial charge in [-0.25, -0.2) is 0 Å². The van der Waals surface area contributed by atoms with Crippen LogP contribution in [-0.4, -0.2) is 16.5 Å². The summed E-state index contributed by atoms with van der Waals surface area (Å²) in [6.45, 7) is 0.877. The molecule has 0 saturated carbocycles. The number of benzene rings is 2. The molecule has 0 amide bonds. The zero-order chi connectivity index (χ0) is 24.9. The first-order valence-corrected chi connectivity index (χ1v) is 11.4. The van der Waals surface area contributed by atoms with Crippen molar-refractivity contribution in [2.24, 2.45) is 0 Å². The molecule has 2 aromatic carbocycles. The number of aromatic nitrogens is 1. The van der Waals surface area contributed by atoms with Gasteiger partial charge in [0.1, 0.15) is 0 Å². The van der Waals surface area contributed by atoms with Gasteiger partial charge in [-0.15, -0.1) is 0 Å². The van der Waals surface area contributed by atoms with Gasteiger partial charge in [-0.2, -0.15) is 26.3 Å². The van der Waals surface area contributed by atoms with Crippen molar-refractivity contribution in [1.29, 1.82) is 0 Å². The minimum atomic E-state index is -4.36. The lowest BCUT2D eigenvalue weighted by Gasteiger charge is -2.15. The lowest BCUT2D eigenvalue weighted by molar-refractivity contribution is -0.138. The molecule has 0 spiro atoms. The highest BCUT2D eigenvalue weighted by atomic mass is 127. The van der Waals surface area contributed by atoms with Crippen LogP contribution in [0.15, 0.2) is 83.3 Å². The Labute approximate surface area is 207 Å². The summed E-state index contributed by atoms with van der Waals surface area (Å²) in [5, 5.41) is 0. The molecule has 3 rings (SSSR count). The first-order valence-electron chi connectivity index (χ1n) is 10.1. The fourth-order valence-corrected chi connectivity index (χ4v) is 3.83. The largest absolute Gasteiger partial charge is 0.416 e. The third kappa shape index (κ3) is 7.15. The van der Waals surface area contributed by atoms with Crippen LogP contribution in [0.3, 0.4) is 0 Å². The van der Waals surface area contributed by atoms with Crippen molar-refractivity contribution in [1.82, 2.24) is 9.47 Å². The molecule has 0 N–H and O–H groups in total. The average molecular weight is 590 g/mol. The predicted molar refractivity (Wildman–Crippen MR) is 129 cm³/mol. The van der Waals surface area contributed by atoms with Gasteiger partial charge in [0.05, 0.1) is 11.1 Å². The zero-order valence-corrected chi connectivity index (χ0v) is 20.2. The van der Waals surface area contributed by atoms with Crippen LogP contribution in [-0.2, 0) is 25.4 Å². The molecule has 0 unspecified atom stereocenters. The number of halogens is 7. The molecule has 0 radical (unpaired) electrons. The van der Waals surface area contributed by atoms with Crippen LogP contribution in [0.1, 0.15) is 27.8 Å². The maximum absolute atomic E-state index is 12.7. The Hall–Kier alpha value is -2.69. The number of nitrogens with zero attached hydrogens (tertiary/aromatic N) is 2. The number of alkyl halides is 6. The van der Waals surface area contributed by atoms with Gasteiger partial charge in [0.25, 0.3) is 0 Å². The van der Waals surface area contributed by atoms with Crippen LogP contribution in [0.4, 0.5) is 26.3 Å². The van der Waals surface area contributed by atoms with Crippen molar-refractivity contribution in [3.8, 4) is 0 Å². The van der Waals surface area contributed by atoms with E-state index in [4.69, 9.17) is 0 Å². The normalized spacial score (nSPS) is 13.0. The lowest BCUT2D eigenvalue weighted by atomic mass is 10.1. The second kappa shape index (κ2) is 10.7. The summed E-state index contributed by atoms with van der Waals surface area (Å²) in [7, 11) is 1.83. The molecule has 3 aromatic rings. The summed E-state index contributed by atoms with van der Waals surface area (Å²) in [6, 6.07) is 12.1. The SMILES string of the molecule is CN(C=CC(=CI)c1ccn(Cc2ccc(C(F)(F)F)cc2)c1)Cc1ccc(C(F)(F)F)cc1. The summed E-state index contributed by atoms with van der Waals surface area (Å²) >= 11 is 2.12. The molecule has 180 valence electrons. The van der Waals surface area contributed by atoms with Crippen molar-refractivity contribution in [2.45, 2.75) is 25.4 Å². The van der Waals surface area contributed by atoms with Gasteiger partial charge in [0, 0.05) is 32.5 Å². The van der Waals surface area contributed by atoms with E-state index in [1.165, 1.54) is 24.3 Å². The fraction of sp³-hybridized carbons (Fsp3) is 0.200. The van der Waals surface area contributed by atoms with E-state index in [1.54, 1.807) is 0 Å². The fourth-order valence-electron chi connectivity index (χ4n) is 3.26. The molecule has 0 aliphatic rings. The van der Waals surface area contributed by atoms with E-state index >= 15 is 0 Å². The van der Waals surface area contributed by atoms with Gasteiger partial charge in [0.2, 0.25) is 0 Å². The van der Waals surface area contributed by atoms with E-state index in [0.717, 1.165) is 46.5 Å². The molecule has 1 aromatic heterocycles. The molecule has 0 aliphatic heterocycles. The Morgan fingerprint density at radius 1 is 0.853 bits per heavy atom. The minimum Gasteiger partial charge on any atom is -0.376 e. The van der Waals surface area contributed by atoms with Gasteiger partial charge >= 0.3 is 12.4 Å². The van der Waals surface area contributed by atoms with Crippen molar-refractivity contribution in [3.63, 3.8) is 0 Å². The molecular formula is C25H21F6IN2. The second-order valence-corrected chi connectivity index (χ2v) is 8.38. The molecular weight excluding hydrogens is 569 g/mol. The van der Waals surface area contributed by atoms with Crippen LogP contribution >= 0.6 is 22.6 Å². The van der Waals surface area contributed by atoms with Crippen LogP contribution in [0.2, 0.25) is 0 Å². The second-order valence-electron chi connectivity index (χ2n) is 7.76. The van der Waals surface area contributed by atoms with Crippen LogP contribution in [0.5, 0.6) is 0 Å². The molecule has 34 heavy (non-hydrogen) atoms. The number of rotatable bonds is 7. The Kier molecular flexibility index (Phi) is 8.17. The van der Waals surface area contributed by atoms with Gasteiger partial charge < -0.3 is 9.47 Å². The lowest BCUT2D eigenvalue weighted by Crippen LogP contribution is -2.10. The van der Waals surface area contributed by atoms with Crippen molar-refractivity contribution < 1.29 is 26.3 Å². The van der Waals surface area contributed by atoms with Crippen molar-refractivity contribution >= 4 is 28.2 Å². The minimum absolute atomic E-state index is 0.435. The molecule has 9 heteroatoms. The van der Waals surface area contributed by atoms with Gasteiger partial charge in [-0.3, -0.25) is 0 Å². The van der Waals surface area contributed by atoms with E-state index in [0.29, 0.717) is 13.1 Å². The van der Waals surface area contributed by atoms with Gasteiger partial charge in [-0.1, -0.05) is 46.9 Å². The summed E-state index contributed by atoms with van der Waals surface area (Å²) in [6.07, 6.45) is -1.21. The smallest absolute Gasteiger partial charge is 0.376 e. The van der Waals surface area contributed by atoms with Crippen LogP contribution < -0.4 is 0 Å². The molecule has 2 nitrogen and oxygen atoms in total. The highest BCUT2D eigenvalue weighted by molar-refractivity contribution is 14.1. The Morgan fingerprint density at radius 2 is 1.38 bits per heavy atom. The Balaban J connectivity index is 1.61. The first kappa shape index (κ1) is 25.9. The maximum atomic E-state index is 12.7. The summed E-state index contributed by atoms with van der Waals surface area (Å²) in [4.78, 5) is 1.86. The third-order valence-corrected chi connectivity index (χ3v) is 5.74. The molecule has 0 bridgehead atoms. The van der Waals surface area contributed by atoms with E-state index in [9.17, 15) is 26.3 Å². The number of hydrogen-bond acceptors (Lipinski definition) is 1. The zero-order valence-electron chi connectivity index (χ0n) is 18.0. The van der Waals surface area contributed by atoms with Crippen LogP contribution in [0.25, 0.3) is 5.57 Å². The van der Waals surface area contributed by atoms with E-state index < -0.39 is 23.5 Å². The van der Waals surface area contributed by atoms with Crippen molar-refractivity contribution in [3.05, 3.63) is 111 Å².